The van der Waals surface area contributed by atoms with Crippen LogP contribution in [0.2, 0.25) is 0 Å². The van der Waals surface area contributed by atoms with Gasteiger partial charge in [-0.05, 0) is 31.1 Å². The number of benzene rings is 1. The van der Waals surface area contributed by atoms with Crippen LogP contribution in [0.25, 0.3) is 0 Å². The zero-order valence-corrected chi connectivity index (χ0v) is 10.2. The van der Waals surface area contributed by atoms with Crippen LogP contribution in [0.4, 0.5) is 0 Å². The molecule has 0 radical (unpaired) electrons. The number of aliphatic hydroxyl groups is 1. The number of hydrogen-bond donors (Lipinski definition) is 3. The molecule has 1 amide bonds. The molecule has 4 heteroatoms. The molecule has 94 valence electrons. The lowest BCUT2D eigenvalue weighted by molar-refractivity contribution is -0.121. The van der Waals surface area contributed by atoms with Crippen LogP contribution in [0, 0.1) is 0 Å². The van der Waals surface area contributed by atoms with Gasteiger partial charge in [-0.15, -0.1) is 0 Å². The van der Waals surface area contributed by atoms with Gasteiger partial charge in [-0.25, -0.2) is 0 Å². The quantitative estimate of drug-likeness (QED) is 0.614. The lowest BCUT2D eigenvalue weighted by Crippen LogP contribution is -2.23. The minimum atomic E-state index is 0.0317. The van der Waals surface area contributed by atoms with Gasteiger partial charge in [0, 0.05) is 13.0 Å². The van der Waals surface area contributed by atoms with E-state index in [1.165, 1.54) is 0 Å². The summed E-state index contributed by atoms with van der Waals surface area (Å²) < 4.78 is 0. The van der Waals surface area contributed by atoms with Crippen molar-refractivity contribution in [2.24, 2.45) is 0 Å². The summed E-state index contributed by atoms with van der Waals surface area (Å²) in [5.74, 6) is 0.0645. The second-order valence-electron chi connectivity index (χ2n) is 3.96. The van der Waals surface area contributed by atoms with Crippen molar-refractivity contribution in [3.8, 4) is 0 Å². The zero-order valence-electron chi connectivity index (χ0n) is 10.2. The Morgan fingerprint density at radius 1 is 1.35 bits per heavy atom. The standard InChI is InChI=1S/C13H20N2O2/c1-14-7-3-6-13(17)15-9-11-4-2-5-12(8-11)10-16/h2,4-5,8,14,16H,3,6-7,9-10H2,1H3,(H,15,17). The maximum atomic E-state index is 11.5. The first-order valence-corrected chi connectivity index (χ1v) is 5.86. The minimum Gasteiger partial charge on any atom is -0.392 e. The molecular formula is C13H20N2O2. The summed E-state index contributed by atoms with van der Waals surface area (Å²) >= 11 is 0. The summed E-state index contributed by atoms with van der Waals surface area (Å²) in [6.07, 6.45) is 1.39. The molecule has 0 unspecified atom stereocenters. The van der Waals surface area contributed by atoms with Crippen LogP contribution >= 0.6 is 0 Å². The van der Waals surface area contributed by atoms with Crippen molar-refractivity contribution in [1.29, 1.82) is 0 Å². The van der Waals surface area contributed by atoms with E-state index in [4.69, 9.17) is 5.11 Å². The number of rotatable bonds is 7. The highest BCUT2D eigenvalue weighted by Crippen LogP contribution is 2.04. The molecule has 17 heavy (non-hydrogen) atoms. The second-order valence-corrected chi connectivity index (χ2v) is 3.96. The fourth-order valence-corrected chi connectivity index (χ4v) is 1.55. The fraction of sp³-hybridized carbons (Fsp3) is 0.462. The van der Waals surface area contributed by atoms with Crippen molar-refractivity contribution in [2.75, 3.05) is 13.6 Å². The van der Waals surface area contributed by atoms with E-state index in [9.17, 15) is 4.79 Å². The molecule has 0 aliphatic carbocycles. The van der Waals surface area contributed by atoms with Crippen molar-refractivity contribution in [3.05, 3.63) is 35.4 Å². The van der Waals surface area contributed by atoms with Crippen LogP contribution in [0.5, 0.6) is 0 Å². The summed E-state index contributed by atoms with van der Waals surface area (Å²) in [5.41, 5.74) is 1.88. The van der Waals surface area contributed by atoms with Crippen molar-refractivity contribution in [3.63, 3.8) is 0 Å². The predicted octanol–water partition coefficient (Wildman–Crippen LogP) is 0.795. The third-order valence-corrected chi connectivity index (χ3v) is 2.49. The van der Waals surface area contributed by atoms with Crippen molar-refractivity contribution in [2.45, 2.75) is 26.0 Å². The van der Waals surface area contributed by atoms with Crippen LogP contribution in [0.15, 0.2) is 24.3 Å². The van der Waals surface area contributed by atoms with E-state index >= 15 is 0 Å². The lowest BCUT2D eigenvalue weighted by Gasteiger charge is -2.06. The van der Waals surface area contributed by atoms with Crippen LogP contribution < -0.4 is 10.6 Å². The SMILES string of the molecule is CNCCCC(=O)NCc1cccc(CO)c1. The zero-order chi connectivity index (χ0) is 12.5. The van der Waals surface area contributed by atoms with Gasteiger partial charge in [-0.1, -0.05) is 24.3 Å². The Bertz CT molecular complexity index is 353. The first-order valence-electron chi connectivity index (χ1n) is 5.86. The average Bonchev–Trinajstić information content (AvgIpc) is 2.37. The lowest BCUT2D eigenvalue weighted by atomic mass is 10.1. The van der Waals surface area contributed by atoms with Gasteiger partial charge in [0.15, 0.2) is 0 Å². The number of amides is 1. The molecule has 0 spiro atoms. The largest absolute Gasteiger partial charge is 0.392 e. The Labute approximate surface area is 102 Å². The molecule has 0 atom stereocenters. The van der Waals surface area contributed by atoms with E-state index in [-0.39, 0.29) is 12.5 Å². The van der Waals surface area contributed by atoms with Crippen molar-refractivity contribution in [1.82, 2.24) is 10.6 Å². The number of hydrogen-bond acceptors (Lipinski definition) is 3. The molecule has 0 bridgehead atoms. The number of carbonyl (C=O) groups excluding carboxylic acids is 1. The molecule has 1 rings (SSSR count). The average molecular weight is 236 g/mol. The van der Waals surface area contributed by atoms with E-state index in [1.54, 1.807) is 0 Å². The third-order valence-electron chi connectivity index (χ3n) is 2.49. The Balaban J connectivity index is 2.31. The monoisotopic (exact) mass is 236 g/mol. The van der Waals surface area contributed by atoms with E-state index in [0.717, 1.165) is 24.1 Å². The Hall–Kier alpha value is -1.39. The third kappa shape index (κ3) is 5.47. The van der Waals surface area contributed by atoms with Crippen LogP contribution in [-0.2, 0) is 17.9 Å². The van der Waals surface area contributed by atoms with Gasteiger partial charge in [0.1, 0.15) is 0 Å². The molecule has 0 saturated carbocycles. The molecule has 0 heterocycles. The van der Waals surface area contributed by atoms with Gasteiger partial charge in [-0.2, -0.15) is 0 Å². The highest BCUT2D eigenvalue weighted by molar-refractivity contribution is 5.75. The predicted molar refractivity (Wildman–Crippen MR) is 67.4 cm³/mol. The van der Waals surface area contributed by atoms with E-state index < -0.39 is 0 Å². The summed E-state index contributed by atoms with van der Waals surface area (Å²) in [5, 5.41) is 14.9. The smallest absolute Gasteiger partial charge is 0.220 e. The maximum Gasteiger partial charge on any atom is 0.220 e. The molecule has 0 saturated heterocycles. The Morgan fingerprint density at radius 3 is 2.82 bits per heavy atom. The van der Waals surface area contributed by atoms with E-state index in [2.05, 4.69) is 10.6 Å². The van der Waals surface area contributed by atoms with Gasteiger partial charge < -0.3 is 15.7 Å². The number of nitrogens with one attached hydrogen (secondary N) is 2. The fourth-order valence-electron chi connectivity index (χ4n) is 1.55. The maximum absolute atomic E-state index is 11.5. The van der Waals surface area contributed by atoms with Crippen molar-refractivity contribution >= 4 is 5.91 Å². The first kappa shape index (κ1) is 13.7. The molecule has 0 aromatic heterocycles. The molecular weight excluding hydrogens is 216 g/mol. The summed E-state index contributed by atoms with van der Waals surface area (Å²) in [6.45, 7) is 1.41. The van der Waals surface area contributed by atoms with Crippen LogP contribution in [0.3, 0.4) is 0 Å². The van der Waals surface area contributed by atoms with Gasteiger partial charge in [0.25, 0.3) is 0 Å². The van der Waals surface area contributed by atoms with Crippen LogP contribution in [-0.4, -0.2) is 24.6 Å². The highest BCUT2D eigenvalue weighted by Gasteiger charge is 2.01. The molecule has 4 nitrogen and oxygen atoms in total. The molecule has 3 N–H and O–H groups in total. The second kappa shape index (κ2) is 7.81. The molecule has 0 aliphatic rings. The summed E-state index contributed by atoms with van der Waals surface area (Å²) in [4.78, 5) is 11.5. The van der Waals surface area contributed by atoms with Gasteiger partial charge in [0.05, 0.1) is 6.61 Å². The van der Waals surface area contributed by atoms with E-state index in [1.807, 2.05) is 31.3 Å². The Morgan fingerprint density at radius 2 is 2.12 bits per heavy atom. The summed E-state index contributed by atoms with van der Waals surface area (Å²) in [7, 11) is 1.87. The Kier molecular flexibility index (Phi) is 6.29. The molecule has 0 fully saturated rings. The molecule has 0 aliphatic heterocycles. The first-order chi connectivity index (χ1) is 8.26. The number of carbonyl (C=O) groups is 1. The van der Waals surface area contributed by atoms with E-state index in [0.29, 0.717) is 13.0 Å². The van der Waals surface area contributed by atoms with Gasteiger partial charge in [0.2, 0.25) is 5.91 Å². The normalized spacial score (nSPS) is 10.2. The van der Waals surface area contributed by atoms with Gasteiger partial charge in [-0.3, -0.25) is 4.79 Å². The minimum absolute atomic E-state index is 0.0317. The number of aliphatic hydroxyl groups excluding tert-OH is 1. The highest BCUT2D eigenvalue weighted by atomic mass is 16.3. The van der Waals surface area contributed by atoms with Gasteiger partial charge >= 0.3 is 0 Å². The molecule has 1 aromatic rings. The summed E-state index contributed by atoms with van der Waals surface area (Å²) in [6, 6.07) is 7.58. The molecule has 1 aromatic carbocycles. The van der Waals surface area contributed by atoms with Crippen molar-refractivity contribution < 1.29 is 9.90 Å². The van der Waals surface area contributed by atoms with Crippen LogP contribution in [0.1, 0.15) is 24.0 Å². The topological polar surface area (TPSA) is 61.4 Å².